The summed E-state index contributed by atoms with van der Waals surface area (Å²) in [5.74, 6) is 0.249. The molecule has 2 heterocycles. The Bertz CT molecular complexity index is 849. The van der Waals surface area contributed by atoms with Crippen LogP contribution in [0.15, 0.2) is 53.9 Å². The van der Waals surface area contributed by atoms with Crippen LogP contribution in [-0.4, -0.2) is 30.8 Å². The second-order valence-electron chi connectivity index (χ2n) is 5.24. The fourth-order valence-corrected chi connectivity index (χ4v) is 3.12. The third-order valence-corrected chi connectivity index (χ3v) is 4.67. The van der Waals surface area contributed by atoms with E-state index in [-0.39, 0.29) is 16.9 Å². The monoisotopic (exact) mass is 342 g/mol. The molecule has 122 valence electrons. The maximum atomic E-state index is 13.0. The number of halogens is 1. The minimum atomic E-state index is -0.361. The van der Waals surface area contributed by atoms with Gasteiger partial charge in [-0.05, 0) is 43.3 Å². The predicted molar refractivity (Wildman–Crippen MR) is 90.3 cm³/mol. The van der Waals surface area contributed by atoms with E-state index in [1.807, 2.05) is 23.7 Å². The second-order valence-corrected chi connectivity index (χ2v) is 6.55. The highest BCUT2D eigenvalue weighted by molar-refractivity contribution is 8.00. The third-order valence-electron chi connectivity index (χ3n) is 3.53. The average Bonchev–Trinajstić information content (AvgIpc) is 2.96. The molecule has 0 N–H and O–H groups in total. The first-order chi connectivity index (χ1) is 11.6. The highest BCUT2D eigenvalue weighted by Crippen LogP contribution is 2.27. The largest absolute Gasteiger partial charge is 0.305 e. The number of rotatable bonds is 5. The highest BCUT2D eigenvalue weighted by Gasteiger charge is 2.20. The van der Waals surface area contributed by atoms with Crippen molar-refractivity contribution in [1.29, 1.82) is 0 Å². The van der Waals surface area contributed by atoms with Gasteiger partial charge in [-0.3, -0.25) is 9.78 Å². The summed E-state index contributed by atoms with van der Waals surface area (Å²) in [4.78, 5) is 16.5. The van der Waals surface area contributed by atoms with Crippen molar-refractivity contribution in [3.8, 4) is 11.4 Å². The number of hydrogen-bond donors (Lipinski definition) is 0. The van der Waals surface area contributed by atoms with Crippen molar-refractivity contribution in [3.05, 3.63) is 60.2 Å². The number of pyridine rings is 1. The van der Waals surface area contributed by atoms with Gasteiger partial charge in [-0.25, -0.2) is 4.39 Å². The number of hydrogen-bond acceptors (Lipinski definition) is 5. The Morgan fingerprint density at radius 1 is 1.21 bits per heavy atom. The summed E-state index contributed by atoms with van der Waals surface area (Å²) in [5, 5.41) is 8.61. The summed E-state index contributed by atoms with van der Waals surface area (Å²) >= 11 is 1.32. The fraction of sp³-hybridized carbons (Fsp3) is 0.176. The van der Waals surface area contributed by atoms with Gasteiger partial charge in [0.2, 0.25) is 0 Å². The Morgan fingerprint density at radius 3 is 2.62 bits per heavy atom. The number of carbonyl (C=O) groups excluding carboxylic acids is 1. The standard InChI is InChI=1S/C17H15FN4OS/c1-11(15(23)12-5-7-14(18)8-6-12)24-17-21-20-16(22(17)2)13-4-3-9-19-10-13/h3-11H,1-2H3. The van der Waals surface area contributed by atoms with Gasteiger partial charge in [0.1, 0.15) is 5.82 Å². The van der Waals surface area contributed by atoms with E-state index >= 15 is 0 Å². The van der Waals surface area contributed by atoms with Gasteiger partial charge in [0.25, 0.3) is 0 Å². The lowest BCUT2D eigenvalue weighted by Gasteiger charge is -2.10. The molecule has 0 fully saturated rings. The number of ketones is 1. The molecule has 0 bridgehead atoms. The van der Waals surface area contributed by atoms with Crippen LogP contribution in [0.4, 0.5) is 4.39 Å². The van der Waals surface area contributed by atoms with Crippen LogP contribution in [0.3, 0.4) is 0 Å². The van der Waals surface area contributed by atoms with E-state index in [4.69, 9.17) is 0 Å². The summed E-state index contributed by atoms with van der Waals surface area (Å²) in [5.41, 5.74) is 1.34. The molecule has 3 aromatic rings. The van der Waals surface area contributed by atoms with Gasteiger partial charge >= 0.3 is 0 Å². The smallest absolute Gasteiger partial charge is 0.191 e. The van der Waals surface area contributed by atoms with Crippen molar-refractivity contribution in [2.45, 2.75) is 17.3 Å². The van der Waals surface area contributed by atoms with Crippen LogP contribution in [0.1, 0.15) is 17.3 Å². The van der Waals surface area contributed by atoms with Gasteiger partial charge in [0.05, 0.1) is 5.25 Å². The maximum Gasteiger partial charge on any atom is 0.191 e. The predicted octanol–water partition coefficient (Wildman–Crippen LogP) is 3.38. The van der Waals surface area contributed by atoms with E-state index in [1.54, 1.807) is 19.3 Å². The fourth-order valence-electron chi connectivity index (χ4n) is 2.22. The second kappa shape index (κ2) is 6.92. The molecular formula is C17H15FN4OS. The van der Waals surface area contributed by atoms with Crippen molar-refractivity contribution in [2.24, 2.45) is 7.05 Å². The molecule has 0 aliphatic rings. The average molecular weight is 342 g/mol. The minimum absolute atomic E-state index is 0.0778. The topological polar surface area (TPSA) is 60.7 Å². The molecule has 0 aliphatic heterocycles. The first-order valence-electron chi connectivity index (χ1n) is 7.32. The molecule has 5 nitrogen and oxygen atoms in total. The quantitative estimate of drug-likeness (QED) is 0.525. The molecular weight excluding hydrogens is 327 g/mol. The molecule has 0 spiro atoms. The SMILES string of the molecule is CC(Sc1nnc(-c2cccnc2)n1C)C(=O)c1ccc(F)cc1. The van der Waals surface area contributed by atoms with Gasteiger partial charge in [0.15, 0.2) is 16.8 Å². The Morgan fingerprint density at radius 2 is 1.96 bits per heavy atom. The minimum Gasteiger partial charge on any atom is -0.305 e. The summed E-state index contributed by atoms with van der Waals surface area (Å²) in [6.45, 7) is 1.80. The van der Waals surface area contributed by atoms with E-state index in [9.17, 15) is 9.18 Å². The Kier molecular flexibility index (Phi) is 4.71. The summed E-state index contributed by atoms with van der Waals surface area (Å²) in [6.07, 6.45) is 3.41. The molecule has 24 heavy (non-hydrogen) atoms. The number of nitrogens with zero attached hydrogens (tertiary/aromatic N) is 4. The van der Waals surface area contributed by atoms with Crippen molar-refractivity contribution >= 4 is 17.5 Å². The molecule has 0 radical (unpaired) electrons. The maximum absolute atomic E-state index is 13.0. The van der Waals surface area contributed by atoms with Crippen LogP contribution in [0.5, 0.6) is 0 Å². The van der Waals surface area contributed by atoms with Gasteiger partial charge in [-0.2, -0.15) is 0 Å². The van der Waals surface area contributed by atoms with Crippen LogP contribution < -0.4 is 0 Å². The van der Waals surface area contributed by atoms with Crippen molar-refractivity contribution in [3.63, 3.8) is 0 Å². The number of thioether (sulfide) groups is 1. The van der Waals surface area contributed by atoms with Crippen LogP contribution in [-0.2, 0) is 7.05 Å². The third kappa shape index (κ3) is 3.35. The highest BCUT2D eigenvalue weighted by atomic mass is 32.2. The molecule has 0 aliphatic carbocycles. The zero-order valence-electron chi connectivity index (χ0n) is 13.2. The number of benzene rings is 1. The molecule has 7 heteroatoms. The normalized spacial score (nSPS) is 12.1. The van der Waals surface area contributed by atoms with E-state index in [2.05, 4.69) is 15.2 Å². The number of aromatic nitrogens is 4. The molecule has 2 aromatic heterocycles. The summed E-state index contributed by atoms with van der Waals surface area (Å²) < 4.78 is 14.8. The van der Waals surface area contributed by atoms with Crippen molar-refractivity contribution < 1.29 is 9.18 Å². The first-order valence-corrected chi connectivity index (χ1v) is 8.20. The summed E-state index contributed by atoms with van der Waals surface area (Å²) in [6, 6.07) is 9.29. The molecule has 1 unspecified atom stereocenters. The molecule has 3 rings (SSSR count). The molecule has 0 saturated heterocycles. The molecule has 0 amide bonds. The van der Waals surface area contributed by atoms with Crippen LogP contribution >= 0.6 is 11.8 Å². The number of carbonyl (C=O) groups is 1. The lowest BCUT2D eigenvalue weighted by molar-refractivity contribution is 0.0994. The van der Waals surface area contributed by atoms with E-state index in [1.165, 1.54) is 36.0 Å². The van der Waals surface area contributed by atoms with E-state index < -0.39 is 0 Å². The van der Waals surface area contributed by atoms with Gasteiger partial charge in [0, 0.05) is 30.6 Å². The first kappa shape index (κ1) is 16.3. The molecule has 0 saturated carbocycles. The lowest BCUT2D eigenvalue weighted by Crippen LogP contribution is -2.14. The molecule has 1 atom stereocenters. The zero-order valence-corrected chi connectivity index (χ0v) is 14.0. The van der Waals surface area contributed by atoms with Crippen LogP contribution in [0, 0.1) is 5.82 Å². The number of Topliss-reactive ketones (excluding diaryl/α,β-unsaturated/α-hetero) is 1. The van der Waals surface area contributed by atoms with Gasteiger partial charge in [-0.1, -0.05) is 11.8 Å². The Balaban J connectivity index is 1.78. The van der Waals surface area contributed by atoms with E-state index in [0.717, 1.165) is 5.56 Å². The lowest BCUT2D eigenvalue weighted by atomic mass is 10.1. The van der Waals surface area contributed by atoms with Crippen LogP contribution in [0.25, 0.3) is 11.4 Å². The Hall–Kier alpha value is -2.54. The molecule has 1 aromatic carbocycles. The van der Waals surface area contributed by atoms with E-state index in [0.29, 0.717) is 16.5 Å². The van der Waals surface area contributed by atoms with Gasteiger partial charge in [-0.15, -0.1) is 10.2 Å². The van der Waals surface area contributed by atoms with Crippen molar-refractivity contribution in [1.82, 2.24) is 19.7 Å². The zero-order chi connectivity index (χ0) is 17.1. The van der Waals surface area contributed by atoms with Crippen LogP contribution in [0.2, 0.25) is 0 Å². The van der Waals surface area contributed by atoms with Gasteiger partial charge < -0.3 is 4.57 Å². The van der Waals surface area contributed by atoms with Crippen molar-refractivity contribution in [2.75, 3.05) is 0 Å². The summed E-state index contributed by atoms with van der Waals surface area (Å²) in [7, 11) is 1.85. The Labute approximate surface area is 143 Å².